The Bertz CT molecular complexity index is 208. The molecule has 1 aliphatic carbocycles. The maximum Gasteiger partial charge on any atom is 0.0244 e. The SMILES string of the molecule is CC1CCC(NCCCS(C)=O)CC1C. The van der Waals surface area contributed by atoms with Gasteiger partial charge in [-0.3, -0.25) is 4.21 Å². The van der Waals surface area contributed by atoms with Crippen LogP contribution in [0, 0.1) is 11.8 Å². The normalized spacial score (nSPS) is 33.9. The molecule has 0 saturated heterocycles. The molecule has 1 saturated carbocycles. The van der Waals surface area contributed by atoms with Crippen LogP contribution in [-0.2, 0) is 10.8 Å². The summed E-state index contributed by atoms with van der Waals surface area (Å²) in [5, 5.41) is 3.59. The summed E-state index contributed by atoms with van der Waals surface area (Å²) in [6.45, 7) is 5.76. The van der Waals surface area contributed by atoms with E-state index in [4.69, 9.17) is 0 Å². The van der Waals surface area contributed by atoms with Crippen LogP contribution >= 0.6 is 0 Å². The van der Waals surface area contributed by atoms with Crippen LogP contribution in [0.4, 0.5) is 0 Å². The maximum absolute atomic E-state index is 10.9. The molecule has 0 bridgehead atoms. The van der Waals surface area contributed by atoms with Crippen LogP contribution in [-0.4, -0.2) is 28.8 Å². The first kappa shape index (κ1) is 13.2. The van der Waals surface area contributed by atoms with Crippen LogP contribution in [0.1, 0.15) is 39.5 Å². The Morgan fingerprint density at radius 2 is 2.00 bits per heavy atom. The van der Waals surface area contributed by atoms with Gasteiger partial charge >= 0.3 is 0 Å². The smallest absolute Gasteiger partial charge is 0.0244 e. The van der Waals surface area contributed by atoms with Crippen LogP contribution in [0.3, 0.4) is 0 Å². The van der Waals surface area contributed by atoms with Gasteiger partial charge in [0.05, 0.1) is 0 Å². The van der Waals surface area contributed by atoms with E-state index in [1.807, 2.05) is 0 Å². The molecule has 0 aromatic carbocycles. The van der Waals surface area contributed by atoms with Crippen molar-refractivity contribution in [3.63, 3.8) is 0 Å². The third-order valence-electron chi connectivity index (χ3n) is 3.64. The minimum Gasteiger partial charge on any atom is -0.314 e. The molecule has 0 amide bonds. The molecule has 1 N–H and O–H groups in total. The highest BCUT2D eigenvalue weighted by Crippen LogP contribution is 2.29. The Kier molecular flexibility index (Phi) is 5.83. The molecule has 2 nitrogen and oxygen atoms in total. The molecule has 0 heterocycles. The zero-order valence-corrected chi connectivity index (χ0v) is 11.1. The Balaban J connectivity index is 2.09. The van der Waals surface area contributed by atoms with Crippen molar-refractivity contribution in [3.05, 3.63) is 0 Å². The second-order valence-corrected chi connectivity index (χ2v) is 6.60. The molecular weight excluding hydrogens is 206 g/mol. The average molecular weight is 231 g/mol. The van der Waals surface area contributed by atoms with Gasteiger partial charge in [-0.25, -0.2) is 0 Å². The van der Waals surface area contributed by atoms with Gasteiger partial charge in [0.25, 0.3) is 0 Å². The summed E-state index contributed by atoms with van der Waals surface area (Å²) in [7, 11) is -0.625. The van der Waals surface area contributed by atoms with Gasteiger partial charge in [0.2, 0.25) is 0 Å². The lowest BCUT2D eigenvalue weighted by Crippen LogP contribution is -2.36. The fourth-order valence-electron chi connectivity index (χ4n) is 2.31. The van der Waals surface area contributed by atoms with E-state index in [1.165, 1.54) is 19.3 Å². The second kappa shape index (κ2) is 6.64. The first-order valence-electron chi connectivity index (χ1n) is 6.13. The summed E-state index contributed by atoms with van der Waals surface area (Å²) in [5.41, 5.74) is 0. The zero-order valence-electron chi connectivity index (χ0n) is 10.3. The van der Waals surface area contributed by atoms with Crippen molar-refractivity contribution in [3.8, 4) is 0 Å². The number of rotatable bonds is 5. The largest absolute Gasteiger partial charge is 0.314 e. The van der Waals surface area contributed by atoms with Crippen molar-refractivity contribution < 1.29 is 4.21 Å². The van der Waals surface area contributed by atoms with Crippen LogP contribution < -0.4 is 5.32 Å². The zero-order chi connectivity index (χ0) is 11.3. The molecule has 0 aliphatic heterocycles. The molecule has 1 aliphatic rings. The summed E-state index contributed by atoms with van der Waals surface area (Å²) < 4.78 is 10.9. The monoisotopic (exact) mass is 231 g/mol. The van der Waals surface area contributed by atoms with Gasteiger partial charge in [0, 0.05) is 28.9 Å². The summed E-state index contributed by atoms with van der Waals surface area (Å²) >= 11 is 0. The standard InChI is InChI=1S/C12H25NOS/c1-10-5-6-12(9-11(10)2)13-7-4-8-15(3)14/h10-13H,4-9H2,1-3H3. The van der Waals surface area contributed by atoms with Gasteiger partial charge in [-0.15, -0.1) is 0 Å². The average Bonchev–Trinajstić information content (AvgIpc) is 2.18. The molecule has 90 valence electrons. The third kappa shape index (κ3) is 5.12. The van der Waals surface area contributed by atoms with Crippen LogP contribution in [0.2, 0.25) is 0 Å². The first-order chi connectivity index (χ1) is 7.09. The Labute approximate surface area is 96.7 Å². The van der Waals surface area contributed by atoms with E-state index in [-0.39, 0.29) is 0 Å². The first-order valence-corrected chi connectivity index (χ1v) is 7.85. The predicted molar refractivity (Wildman–Crippen MR) is 67.5 cm³/mol. The number of hydrogen-bond acceptors (Lipinski definition) is 2. The van der Waals surface area contributed by atoms with Gasteiger partial charge in [-0.2, -0.15) is 0 Å². The summed E-state index contributed by atoms with van der Waals surface area (Å²) in [6, 6.07) is 0.710. The van der Waals surface area contributed by atoms with Crippen LogP contribution in [0.15, 0.2) is 0 Å². The highest BCUT2D eigenvalue weighted by atomic mass is 32.2. The van der Waals surface area contributed by atoms with E-state index >= 15 is 0 Å². The van der Waals surface area contributed by atoms with Crippen molar-refractivity contribution in [2.24, 2.45) is 11.8 Å². The molecule has 4 unspecified atom stereocenters. The van der Waals surface area contributed by atoms with E-state index < -0.39 is 10.8 Å². The van der Waals surface area contributed by atoms with Gasteiger partial charge < -0.3 is 5.32 Å². The molecule has 0 spiro atoms. The second-order valence-electron chi connectivity index (χ2n) is 5.05. The fourth-order valence-corrected chi connectivity index (χ4v) is 2.87. The lowest BCUT2D eigenvalue weighted by atomic mass is 9.79. The van der Waals surface area contributed by atoms with E-state index in [0.717, 1.165) is 30.6 Å². The Morgan fingerprint density at radius 1 is 1.27 bits per heavy atom. The summed E-state index contributed by atoms with van der Waals surface area (Å²) in [5.74, 6) is 2.59. The third-order valence-corrected chi connectivity index (χ3v) is 4.50. The molecule has 15 heavy (non-hydrogen) atoms. The van der Waals surface area contributed by atoms with E-state index in [2.05, 4.69) is 19.2 Å². The fraction of sp³-hybridized carbons (Fsp3) is 1.00. The van der Waals surface area contributed by atoms with Crippen molar-refractivity contribution in [2.75, 3.05) is 18.6 Å². The molecule has 0 aromatic rings. The number of nitrogens with one attached hydrogen (secondary N) is 1. The number of hydrogen-bond donors (Lipinski definition) is 1. The highest BCUT2D eigenvalue weighted by Gasteiger charge is 2.23. The quantitative estimate of drug-likeness (QED) is 0.735. The summed E-state index contributed by atoms with van der Waals surface area (Å²) in [6.07, 6.45) is 6.82. The van der Waals surface area contributed by atoms with Gasteiger partial charge in [0.1, 0.15) is 0 Å². The lowest BCUT2D eigenvalue weighted by Gasteiger charge is -2.32. The molecular formula is C12H25NOS. The highest BCUT2D eigenvalue weighted by molar-refractivity contribution is 7.84. The molecule has 1 fully saturated rings. The Morgan fingerprint density at radius 3 is 2.60 bits per heavy atom. The molecule has 4 atom stereocenters. The topological polar surface area (TPSA) is 29.1 Å². The van der Waals surface area contributed by atoms with Crippen molar-refractivity contribution in [1.82, 2.24) is 5.32 Å². The molecule has 0 radical (unpaired) electrons. The van der Waals surface area contributed by atoms with Crippen molar-refractivity contribution >= 4 is 10.8 Å². The molecule has 0 aromatic heterocycles. The van der Waals surface area contributed by atoms with Crippen molar-refractivity contribution in [2.45, 2.75) is 45.6 Å². The van der Waals surface area contributed by atoms with Gasteiger partial charge in [-0.1, -0.05) is 13.8 Å². The predicted octanol–water partition coefficient (Wildman–Crippen LogP) is 2.17. The van der Waals surface area contributed by atoms with E-state index in [1.54, 1.807) is 6.26 Å². The van der Waals surface area contributed by atoms with Crippen LogP contribution in [0.5, 0.6) is 0 Å². The van der Waals surface area contributed by atoms with Gasteiger partial charge in [0.15, 0.2) is 0 Å². The van der Waals surface area contributed by atoms with E-state index in [0.29, 0.717) is 6.04 Å². The van der Waals surface area contributed by atoms with E-state index in [9.17, 15) is 4.21 Å². The summed E-state index contributed by atoms with van der Waals surface area (Å²) in [4.78, 5) is 0. The van der Waals surface area contributed by atoms with Crippen molar-refractivity contribution in [1.29, 1.82) is 0 Å². The van der Waals surface area contributed by atoms with Crippen LogP contribution in [0.25, 0.3) is 0 Å². The Hall–Kier alpha value is 0.110. The lowest BCUT2D eigenvalue weighted by molar-refractivity contribution is 0.227. The minimum absolute atomic E-state index is 0.625. The minimum atomic E-state index is -0.625. The van der Waals surface area contributed by atoms with Gasteiger partial charge in [-0.05, 0) is 44.1 Å². The molecule has 3 heteroatoms. The maximum atomic E-state index is 10.9. The molecule has 1 rings (SSSR count).